The van der Waals surface area contributed by atoms with Gasteiger partial charge in [-0.1, -0.05) is 5.21 Å². The van der Waals surface area contributed by atoms with Gasteiger partial charge in [-0.3, -0.25) is 0 Å². The number of hydrazine groups is 1. The molecular formula is C11H19N8+. The number of fused-ring (bicyclic) bond motifs is 1. The third-order valence-corrected chi connectivity index (χ3v) is 3.48. The van der Waals surface area contributed by atoms with E-state index < -0.39 is 0 Å². The lowest BCUT2D eigenvalue weighted by atomic mass is 10.4. The summed E-state index contributed by atoms with van der Waals surface area (Å²) in [6, 6.07) is 0. The van der Waals surface area contributed by atoms with E-state index in [-0.39, 0.29) is 0 Å². The number of hydrogen-bond acceptors (Lipinski definition) is 6. The molecule has 0 saturated carbocycles. The van der Waals surface area contributed by atoms with Gasteiger partial charge in [0.2, 0.25) is 0 Å². The first-order chi connectivity index (χ1) is 9.28. The molecule has 3 rings (SSSR count). The quantitative estimate of drug-likeness (QED) is 0.694. The zero-order valence-electron chi connectivity index (χ0n) is 11.3. The second kappa shape index (κ2) is 5.06. The maximum atomic E-state index is 4.28. The zero-order valence-corrected chi connectivity index (χ0v) is 11.3. The van der Waals surface area contributed by atoms with Crippen molar-refractivity contribution in [1.29, 1.82) is 0 Å². The third kappa shape index (κ3) is 2.36. The molecule has 0 spiro atoms. The molecule has 0 radical (unpaired) electrons. The molecule has 1 aliphatic rings. The fraction of sp³-hybridized carbons (Fsp3) is 0.636. The van der Waals surface area contributed by atoms with Gasteiger partial charge in [-0.25, -0.2) is 19.7 Å². The van der Waals surface area contributed by atoms with Crippen molar-refractivity contribution in [2.75, 3.05) is 38.7 Å². The van der Waals surface area contributed by atoms with E-state index in [4.69, 9.17) is 0 Å². The fourth-order valence-electron chi connectivity index (χ4n) is 2.24. The van der Waals surface area contributed by atoms with Crippen LogP contribution in [0.1, 0.15) is 6.92 Å². The van der Waals surface area contributed by atoms with Gasteiger partial charge in [0.1, 0.15) is 6.33 Å². The lowest BCUT2D eigenvalue weighted by Gasteiger charge is -2.30. The van der Waals surface area contributed by atoms with E-state index in [9.17, 15) is 0 Å². The minimum atomic E-state index is 0.732. The highest BCUT2D eigenvalue weighted by molar-refractivity contribution is 5.81. The smallest absolute Gasteiger partial charge is 0.183 e. The van der Waals surface area contributed by atoms with Crippen molar-refractivity contribution in [3.05, 3.63) is 6.33 Å². The van der Waals surface area contributed by atoms with Gasteiger partial charge in [-0.05, 0) is 6.92 Å². The number of aryl methyl sites for hydroxylation is 1. The Kier molecular flexibility index (Phi) is 3.26. The average molecular weight is 263 g/mol. The molecule has 1 fully saturated rings. The van der Waals surface area contributed by atoms with Crippen molar-refractivity contribution in [2.45, 2.75) is 13.5 Å². The van der Waals surface area contributed by atoms with Crippen LogP contribution < -0.4 is 10.3 Å². The Bertz CT molecular complexity index is 557. The molecule has 8 heteroatoms. The lowest BCUT2D eigenvalue weighted by molar-refractivity contribution is -0.884. The van der Waals surface area contributed by atoms with E-state index in [1.807, 2.05) is 6.92 Å². The summed E-state index contributed by atoms with van der Waals surface area (Å²) in [5.74, 6) is 0.740. The molecule has 0 unspecified atom stereocenters. The summed E-state index contributed by atoms with van der Waals surface area (Å²) >= 11 is 0. The molecule has 102 valence electrons. The largest absolute Gasteiger partial charge is 0.335 e. The van der Waals surface area contributed by atoms with Crippen LogP contribution in [0.15, 0.2) is 6.33 Å². The van der Waals surface area contributed by atoms with E-state index in [2.05, 4.69) is 37.8 Å². The average Bonchev–Trinajstić information content (AvgIpc) is 2.85. The Labute approximate surface area is 111 Å². The highest BCUT2D eigenvalue weighted by Crippen LogP contribution is 2.16. The Morgan fingerprint density at radius 1 is 1.32 bits per heavy atom. The molecule has 0 aliphatic carbocycles. The number of rotatable bonds is 3. The number of hydrogen-bond donors (Lipinski definition) is 2. The monoisotopic (exact) mass is 263 g/mol. The number of likely N-dealkylation sites (N-methyl/N-ethyl adjacent to an activating group) is 1. The van der Waals surface area contributed by atoms with Crippen LogP contribution in [0, 0.1) is 0 Å². The molecule has 2 aromatic heterocycles. The van der Waals surface area contributed by atoms with Gasteiger partial charge in [0, 0.05) is 6.54 Å². The summed E-state index contributed by atoms with van der Waals surface area (Å²) in [6.45, 7) is 7.03. The standard InChI is InChI=1S/C11H18N8/c1-3-19-11-9(14-16-19)10(12-8-13-11)15-18-6-4-17(2)5-7-18/h8H,3-7H2,1-2H3,(H,12,13,15)/p+1. The molecule has 0 bridgehead atoms. The molecule has 1 saturated heterocycles. The third-order valence-electron chi connectivity index (χ3n) is 3.48. The topological polar surface area (TPSA) is 76.2 Å². The number of piperazine rings is 1. The minimum absolute atomic E-state index is 0.732. The van der Waals surface area contributed by atoms with Crippen LogP contribution in [0.2, 0.25) is 0 Å². The van der Waals surface area contributed by atoms with E-state index in [0.29, 0.717) is 0 Å². The summed E-state index contributed by atoms with van der Waals surface area (Å²) in [5.41, 5.74) is 4.84. The van der Waals surface area contributed by atoms with Crippen molar-refractivity contribution in [1.82, 2.24) is 30.0 Å². The predicted molar refractivity (Wildman–Crippen MR) is 70.6 cm³/mol. The molecule has 8 nitrogen and oxygen atoms in total. The van der Waals surface area contributed by atoms with Crippen LogP contribution in [-0.4, -0.2) is 63.2 Å². The van der Waals surface area contributed by atoms with Gasteiger partial charge < -0.3 is 10.3 Å². The number of quaternary nitrogens is 1. The summed E-state index contributed by atoms with van der Waals surface area (Å²) in [5, 5.41) is 10.4. The zero-order chi connectivity index (χ0) is 13.2. The van der Waals surface area contributed by atoms with Crippen molar-refractivity contribution in [3.8, 4) is 0 Å². The summed E-state index contributed by atoms with van der Waals surface area (Å²) in [4.78, 5) is 10.1. The first kappa shape index (κ1) is 12.2. The maximum Gasteiger partial charge on any atom is 0.183 e. The highest BCUT2D eigenvalue weighted by Gasteiger charge is 2.18. The molecule has 0 aromatic carbocycles. The Morgan fingerprint density at radius 3 is 2.84 bits per heavy atom. The Hall–Kier alpha value is -1.80. The molecule has 0 amide bonds. The number of nitrogens with zero attached hydrogens (tertiary/aromatic N) is 6. The normalized spacial score (nSPS) is 18.0. The van der Waals surface area contributed by atoms with Gasteiger partial charge in [0.05, 0.1) is 33.2 Å². The first-order valence-corrected chi connectivity index (χ1v) is 6.65. The molecule has 2 aromatic rings. The lowest BCUT2D eigenvalue weighted by Crippen LogP contribution is -3.12. The van der Waals surface area contributed by atoms with Gasteiger partial charge in [-0.2, -0.15) is 0 Å². The fourth-order valence-corrected chi connectivity index (χ4v) is 2.24. The summed E-state index contributed by atoms with van der Waals surface area (Å²) < 4.78 is 1.77. The van der Waals surface area contributed by atoms with E-state index in [0.717, 1.165) is 49.7 Å². The van der Waals surface area contributed by atoms with Crippen LogP contribution >= 0.6 is 0 Å². The molecular weight excluding hydrogens is 244 g/mol. The first-order valence-electron chi connectivity index (χ1n) is 6.65. The molecule has 19 heavy (non-hydrogen) atoms. The predicted octanol–water partition coefficient (Wildman–Crippen LogP) is -1.60. The molecule has 3 heterocycles. The molecule has 2 N–H and O–H groups in total. The van der Waals surface area contributed by atoms with Crippen LogP contribution in [-0.2, 0) is 6.54 Å². The van der Waals surface area contributed by atoms with Crippen molar-refractivity contribution in [3.63, 3.8) is 0 Å². The SMILES string of the molecule is CCn1nnc2c(NN3CC[NH+](C)CC3)ncnc21. The van der Waals surface area contributed by atoms with Crippen molar-refractivity contribution >= 4 is 17.0 Å². The van der Waals surface area contributed by atoms with Gasteiger partial charge in [0.25, 0.3) is 0 Å². The van der Waals surface area contributed by atoms with Crippen LogP contribution in [0.5, 0.6) is 0 Å². The van der Waals surface area contributed by atoms with Crippen LogP contribution in [0.25, 0.3) is 11.2 Å². The van der Waals surface area contributed by atoms with Crippen LogP contribution in [0.3, 0.4) is 0 Å². The van der Waals surface area contributed by atoms with Crippen molar-refractivity contribution in [2.24, 2.45) is 0 Å². The number of nitrogens with one attached hydrogen (secondary N) is 2. The van der Waals surface area contributed by atoms with Gasteiger partial charge in [0.15, 0.2) is 17.0 Å². The van der Waals surface area contributed by atoms with Gasteiger partial charge >= 0.3 is 0 Å². The van der Waals surface area contributed by atoms with Crippen LogP contribution in [0.4, 0.5) is 5.82 Å². The summed E-state index contributed by atoms with van der Waals surface area (Å²) in [7, 11) is 2.22. The van der Waals surface area contributed by atoms with E-state index >= 15 is 0 Å². The van der Waals surface area contributed by atoms with Crippen molar-refractivity contribution < 1.29 is 4.90 Å². The van der Waals surface area contributed by atoms with E-state index in [1.165, 1.54) is 0 Å². The van der Waals surface area contributed by atoms with E-state index in [1.54, 1.807) is 15.9 Å². The molecule has 0 atom stereocenters. The number of aromatic nitrogens is 5. The maximum absolute atomic E-state index is 4.28. The minimum Gasteiger partial charge on any atom is -0.335 e. The summed E-state index contributed by atoms with van der Waals surface area (Å²) in [6.07, 6.45) is 1.56. The second-order valence-corrected chi connectivity index (χ2v) is 4.86. The Morgan fingerprint density at radius 2 is 2.11 bits per heavy atom. The Balaban J connectivity index is 1.83. The van der Waals surface area contributed by atoms with Gasteiger partial charge in [-0.15, -0.1) is 5.10 Å². The number of anilines is 1. The molecule has 1 aliphatic heterocycles. The highest BCUT2D eigenvalue weighted by atomic mass is 15.5. The second-order valence-electron chi connectivity index (χ2n) is 4.86.